The Morgan fingerprint density at radius 3 is 1.60 bits per heavy atom. The molecular weight excluding hydrogens is 508 g/mol. The maximum Gasteiger partial charge on any atom is 0.418 e. The molecule has 2 heterocycles. The summed E-state index contributed by atoms with van der Waals surface area (Å²) >= 11 is 0. The minimum absolute atomic E-state index is 0.267. The van der Waals surface area contributed by atoms with Crippen LogP contribution in [0.5, 0.6) is 0 Å². The highest BCUT2D eigenvalue weighted by atomic mass is 16.6. The van der Waals surface area contributed by atoms with Crippen molar-refractivity contribution in [3.63, 3.8) is 0 Å². The topological polar surface area (TPSA) is 184 Å². The number of rotatable bonds is 4. The number of hydrogen-bond acceptors (Lipinski definition) is 8. The van der Waals surface area contributed by atoms with E-state index in [1.54, 1.807) is 0 Å². The molecule has 0 fully saturated rings. The van der Waals surface area contributed by atoms with E-state index in [0.29, 0.717) is 37.1 Å². The number of carbonyl (C=O) groups excluding carboxylic acids is 2. The van der Waals surface area contributed by atoms with E-state index in [9.17, 15) is 9.59 Å². The Labute approximate surface area is 229 Å². The van der Waals surface area contributed by atoms with Crippen LogP contribution in [-0.2, 0) is 44.7 Å². The van der Waals surface area contributed by atoms with Crippen molar-refractivity contribution in [1.82, 2.24) is 9.97 Å². The second-order valence-corrected chi connectivity index (χ2v) is 10.7. The van der Waals surface area contributed by atoms with Crippen molar-refractivity contribution in [2.75, 3.05) is 0 Å². The average Bonchev–Trinajstić information content (AvgIpc) is 3.47. The minimum Gasteiger partial charge on any atom is -0.447 e. The first-order chi connectivity index (χ1) is 19.3. The van der Waals surface area contributed by atoms with E-state index in [2.05, 4.69) is 22.1 Å². The lowest BCUT2D eigenvalue weighted by Crippen LogP contribution is -2.35. The van der Waals surface area contributed by atoms with E-state index in [4.69, 9.17) is 31.5 Å². The van der Waals surface area contributed by atoms with Crippen molar-refractivity contribution < 1.29 is 19.1 Å². The molecule has 4 aromatic rings. The van der Waals surface area contributed by atoms with E-state index < -0.39 is 24.1 Å². The second-order valence-electron chi connectivity index (χ2n) is 10.7. The maximum atomic E-state index is 13.0. The van der Waals surface area contributed by atoms with Crippen molar-refractivity contribution in [3.05, 3.63) is 70.0 Å². The van der Waals surface area contributed by atoms with Crippen LogP contribution in [0.25, 0.3) is 21.8 Å². The fraction of sp³-hybridized carbons (Fsp3) is 0.333. The molecule has 2 aliphatic carbocycles. The van der Waals surface area contributed by atoms with Gasteiger partial charge in [0.1, 0.15) is 12.2 Å². The van der Waals surface area contributed by atoms with Crippen LogP contribution in [0.4, 0.5) is 0 Å². The Morgan fingerprint density at radius 1 is 0.775 bits per heavy atom. The Hall–Kier alpha value is -4.64. The summed E-state index contributed by atoms with van der Waals surface area (Å²) in [4.78, 5) is 32.6. The lowest BCUT2D eigenvalue weighted by molar-refractivity contribution is -0.175. The molecule has 4 atom stereocenters. The van der Waals surface area contributed by atoms with Gasteiger partial charge in [0.25, 0.3) is 0 Å². The van der Waals surface area contributed by atoms with Crippen molar-refractivity contribution in [1.29, 1.82) is 10.5 Å². The van der Waals surface area contributed by atoms with Gasteiger partial charge in [-0.25, -0.2) is 9.59 Å². The Morgan fingerprint density at radius 2 is 1.20 bits per heavy atom. The third-order valence-corrected chi connectivity index (χ3v) is 7.85. The van der Waals surface area contributed by atoms with Gasteiger partial charge in [0, 0.05) is 46.7 Å². The van der Waals surface area contributed by atoms with Crippen molar-refractivity contribution in [2.24, 2.45) is 11.5 Å². The largest absolute Gasteiger partial charge is 0.447 e. The number of benzene rings is 2. The molecule has 6 rings (SSSR count). The molecule has 2 aromatic carbocycles. The van der Waals surface area contributed by atoms with Crippen LogP contribution in [-0.4, -0.2) is 34.0 Å². The predicted molar refractivity (Wildman–Crippen MR) is 145 cm³/mol. The molecule has 0 radical (unpaired) electrons. The third-order valence-electron chi connectivity index (χ3n) is 7.85. The number of esters is 2. The molecule has 0 spiro atoms. The van der Waals surface area contributed by atoms with Gasteiger partial charge in [-0.15, -0.1) is 0 Å². The Bertz CT molecular complexity index is 1610. The summed E-state index contributed by atoms with van der Waals surface area (Å²) in [6, 6.07) is 15.2. The van der Waals surface area contributed by atoms with E-state index in [1.807, 2.05) is 36.4 Å². The fourth-order valence-electron chi connectivity index (χ4n) is 6.07. The van der Waals surface area contributed by atoms with Crippen LogP contribution in [0.15, 0.2) is 36.4 Å². The minimum atomic E-state index is -1.10. The summed E-state index contributed by atoms with van der Waals surface area (Å²) in [6.45, 7) is 0. The van der Waals surface area contributed by atoms with Crippen LogP contribution < -0.4 is 11.5 Å². The number of carbonyl (C=O) groups is 2. The van der Waals surface area contributed by atoms with Gasteiger partial charge in [-0.05, 0) is 59.4 Å². The fourth-order valence-corrected chi connectivity index (χ4v) is 6.07. The summed E-state index contributed by atoms with van der Waals surface area (Å²) in [5, 5.41) is 20.0. The Kier molecular flexibility index (Phi) is 6.51. The lowest BCUT2D eigenvalue weighted by Gasteiger charge is -2.28. The van der Waals surface area contributed by atoms with Gasteiger partial charge in [-0.3, -0.25) is 0 Å². The highest BCUT2D eigenvalue weighted by Crippen LogP contribution is 2.39. The smallest absolute Gasteiger partial charge is 0.418 e. The average molecular weight is 537 g/mol. The van der Waals surface area contributed by atoms with Crippen molar-refractivity contribution in [2.45, 2.75) is 62.8 Å². The monoisotopic (exact) mass is 536 g/mol. The molecule has 0 amide bonds. The molecule has 10 heteroatoms. The maximum absolute atomic E-state index is 13.0. The number of aromatic amines is 2. The molecule has 0 saturated heterocycles. The molecule has 2 aromatic heterocycles. The number of aromatic nitrogens is 2. The number of fused-ring (bicyclic) bond motifs is 6. The normalized spacial score (nSPS) is 21.7. The first-order valence-corrected chi connectivity index (χ1v) is 13.3. The SMILES string of the molecule is N#CCc1ccc2[nH]c3c(c2c1)CC(N)CC3OC(=O)C(=O)OC1CC(N)Cc2c1[nH]c1ccc(CC#N)cc21. The van der Waals surface area contributed by atoms with Crippen LogP contribution in [0, 0.1) is 22.7 Å². The van der Waals surface area contributed by atoms with Gasteiger partial charge < -0.3 is 30.9 Å². The van der Waals surface area contributed by atoms with Gasteiger partial charge in [-0.1, -0.05) is 12.1 Å². The molecule has 10 nitrogen and oxygen atoms in total. The summed E-state index contributed by atoms with van der Waals surface area (Å²) in [7, 11) is 0. The van der Waals surface area contributed by atoms with Gasteiger partial charge in [0.2, 0.25) is 0 Å². The van der Waals surface area contributed by atoms with E-state index in [1.165, 1.54) is 0 Å². The summed E-state index contributed by atoms with van der Waals surface area (Å²) < 4.78 is 11.3. The number of ether oxygens (including phenoxy) is 2. The summed E-state index contributed by atoms with van der Waals surface area (Å²) in [5.41, 5.74) is 19.4. The molecule has 202 valence electrons. The summed E-state index contributed by atoms with van der Waals surface area (Å²) in [6.07, 6.45) is 0.992. The molecule has 0 aliphatic heterocycles. The molecular formula is C30H28N6O4. The highest BCUT2D eigenvalue weighted by Gasteiger charge is 2.36. The van der Waals surface area contributed by atoms with Crippen LogP contribution in [0.2, 0.25) is 0 Å². The van der Waals surface area contributed by atoms with Crippen LogP contribution >= 0.6 is 0 Å². The van der Waals surface area contributed by atoms with E-state index >= 15 is 0 Å². The lowest BCUT2D eigenvalue weighted by atomic mass is 9.89. The second kappa shape index (κ2) is 10.2. The first kappa shape index (κ1) is 25.6. The first-order valence-electron chi connectivity index (χ1n) is 13.3. The van der Waals surface area contributed by atoms with Gasteiger partial charge >= 0.3 is 11.9 Å². The summed E-state index contributed by atoms with van der Waals surface area (Å²) in [5.74, 6) is -2.19. The van der Waals surface area contributed by atoms with E-state index in [0.717, 1.165) is 44.1 Å². The standard InChI is InChI=1S/C30H28N6O4/c31-7-5-15-1-3-23-19(9-15)21-11-17(33)13-25(27(21)35-23)39-29(37)30(38)40-26-14-18(34)12-22-20-10-16(6-8-32)2-4-24(20)36-28(22)26/h1-4,9-10,17-18,25-26,35-36H,5-6,11-14,33-34H2. The number of H-pyrrole nitrogens is 2. The van der Waals surface area contributed by atoms with Crippen molar-refractivity contribution in [3.8, 4) is 12.1 Å². The number of nitrogens with one attached hydrogen (secondary N) is 2. The number of hydrogen-bond donors (Lipinski definition) is 4. The predicted octanol–water partition coefficient (Wildman–Crippen LogP) is 3.20. The number of nitrogens with zero attached hydrogens (tertiary/aromatic N) is 2. The molecule has 0 bridgehead atoms. The zero-order chi connectivity index (χ0) is 28.0. The molecule has 4 unspecified atom stereocenters. The van der Waals surface area contributed by atoms with Crippen LogP contribution in [0.1, 0.15) is 58.7 Å². The van der Waals surface area contributed by atoms with E-state index in [-0.39, 0.29) is 24.9 Å². The zero-order valence-corrected chi connectivity index (χ0v) is 21.7. The number of nitriles is 2. The highest BCUT2D eigenvalue weighted by molar-refractivity contribution is 6.29. The van der Waals surface area contributed by atoms with Gasteiger partial charge in [-0.2, -0.15) is 10.5 Å². The van der Waals surface area contributed by atoms with Gasteiger partial charge in [0.05, 0.1) is 36.4 Å². The third kappa shape index (κ3) is 4.58. The molecule has 6 N–H and O–H groups in total. The Balaban J connectivity index is 1.22. The number of nitrogens with two attached hydrogens (primary N) is 2. The van der Waals surface area contributed by atoms with Crippen molar-refractivity contribution >= 4 is 33.7 Å². The molecule has 0 saturated carbocycles. The molecule has 2 aliphatic rings. The van der Waals surface area contributed by atoms with Crippen LogP contribution in [0.3, 0.4) is 0 Å². The quantitative estimate of drug-likeness (QED) is 0.226. The van der Waals surface area contributed by atoms with Gasteiger partial charge in [0.15, 0.2) is 0 Å². The molecule has 40 heavy (non-hydrogen) atoms. The zero-order valence-electron chi connectivity index (χ0n) is 21.7.